The van der Waals surface area contributed by atoms with Crippen LogP contribution in [0.1, 0.15) is 52.9 Å². The summed E-state index contributed by atoms with van der Waals surface area (Å²) < 4.78 is 23.4. The second-order valence-corrected chi connectivity index (χ2v) is 8.44. The molecule has 1 saturated carbocycles. The fraction of sp³-hybridized carbons (Fsp3) is 1.00. The SMILES string of the molecule is CC(C)(C)CC1CCCCC1S(C)(=O)=O. The molecule has 0 spiro atoms. The topological polar surface area (TPSA) is 34.1 Å². The first-order valence-corrected chi connectivity index (χ1v) is 7.84. The van der Waals surface area contributed by atoms with Crippen LogP contribution in [0.25, 0.3) is 0 Å². The van der Waals surface area contributed by atoms with Crippen LogP contribution in [-0.4, -0.2) is 19.9 Å². The quantitative estimate of drug-likeness (QED) is 0.733. The summed E-state index contributed by atoms with van der Waals surface area (Å²) in [4.78, 5) is 0. The van der Waals surface area contributed by atoms with Gasteiger partial charge in [-0.25, -0.2) is 8.42 Å². The van der Waals surface area contributed by atoms with Gasteiger partial charge in [0.2, 0.25) is 0 Å². The molecule has 0 radical (unpaired) electrons. The third-order valence-corrected chi connectivity index (χ3v) is 4.98. The highest BCUT2D eigenvalue weighted by Gasteiger charge is 2.34. The maximum absolute atomic E-state index is 11.7. The standard InChI is InChI=1S/C12H24O2S/c1-12(2,3)9-10-7-5-6-8-11(10)15(4,13)14/h10-11H,5-9H2,1-4H3. The summed E-state index contributed by atoms with van der Waals surface area (Å²) in [5.41, 5.74) is 0.241. The first-order chi connectivity index (χ1) is 6.70. The van der Waals surface area contributed by atoms with Crippen LogP contribution in [0, 0.1) is 11.3 Å². The van der Waals surface area contributed by atoms with E-state index in [9.17, 15) is 8.42 Å². The predicted molar refractivity (Wildman–Crippen MR) is 64.7 cm³/mol. The van der Waals surface area contributed by atoms with E-state index in [1.165, 1.54) is 12.7 Å². The molecule has 15 heavy (non-hydrogen) atoms. The average Bonchev–Trinajstić information content (AvgIpc) is 1.99. The van der Waals surface area contributed by atoms with Crippen molar-refractivity contribution < 1.29 is 8.42 Å². The zero-order valence-corrected chi connectivity index (χ0v) is 11.2. The lowest BCUT2D eigenvalue weighted by Gasteiger charge is -2.34. The molecular formula is C12H24O2S. The van der Waals surface area contributed by atoms with Crippen LogP contribution in [0.2, 0.25) is 0 Å². The smallest absolute Gasteiger partial charge is 0.150 e. The fourth-order valence-electron chi connectivity index (χ4n) is 2.76. The molecule has 1 fully saturated rings. The minimum Gasteiger partial charge on any atom is -0.229 e. The van der Waals surface area contributed by atoms with Crippen molar-refractivity contribution in [3.05, 3.63) is 0 Å². The van der Waals surface area contributed by atoms with Crippen molar-refractivity contribution in [3.63, 3.8) is 0 Å². The Bertz CT molecular complexity index is 298. The Labute approximate surface area is 94.4 Å². The first-order valence-electron chi connectivity index (χ1n) is 5.89. The van der Waals surface area contributed by atoms with Crippen LogP contribution in [0.3, 0.4) is 0 Å². The number of hydrogen-bond acceptors (Lipinski definition) is 2. The monoisotopic (exact) mass is 232 g/mol. The largest absolute Gasteiger partial charge is 0.229 e. The number of hydrogen-bond donors (Lipinski definition) is 0. The fourth-order valence-corrected chi connectivity index (χ4v) is 4.28. The van der Waals surface area contributed by atoms with Crippen LogP contribution in [0.5, 0.6) is 0 Å². The lowest BCUT2D eigenvalue weighted by molar-refractivity contribution is 0.242. The molecule has 3 heteroatoms. The number of sulfone groups is 1. The first kappa shape index (κ1) is 13.0. The molecule has 0 heterocycles. The van der Waals surface area contributed by atoms with Crippen molar-refractivity contribution in [1.29, 1.82) is 0 Å². The summed E-state index contributed by atoms with van der Waals surface area (Å²) in [6.07, 6.45) is 6.68. The molecule has 1 aliphatic carbocycles. The Balaban J connectivity index is 2.75. The molecule has 1 rings (SSSR count). The Morgan fingerprint density at radius 2 is 1.67 bits per heavy atom. The maximum Gasteiger partial charge on any atom is 0.150 e. The van der Waals surface area contributed by atoms with Gasteiger partial charge in [0.1, 0.15) is 0 Å². The van der Waals surface area contributed by atoms with Gasteiger partial charge in [-0.05, 0) is 30.6 Å². The molecule has 0 aliphatic heterocycles. The van der Waals surface area contributed by atoms with Crippen molar-refractivity contribution >= 4 is 9.84 Å². The van der Waals surface area contributed by atoms with Crippen LogP contribution in [-0.2, 0) is 9.84 Å². The van der Waals surface area contributed by atoms with Crippen LogP contribution >= 0.6 is 0 Å². The van der Waals surface area contributed by atoms with Crippen LogP contribution in [0.15, 0.2) is 0 Å². The minimum atomic E-state index is -2.85. The Morgan fingerprint density at radius 3 is 2.13 bits per heavy atom. The summed E-state index contributed by atoms with van der Waals surface area (Å²) >= 11 is 0. The second kappa shape index (κ2) is 4.44. The van der Waals surface area contributed by atoms with Gasteiger partial charge in [-0.1, -0.05) is 33.6 Å². The Kier molecular flexibility index (Phi) is 3.85. The average molecular weight is 232 g/mol. The van der Waals surface area contributed by atoms with E-state index < -0.39 is 9.84 Å². The molecule has 2 unspecified atom stereocenters. The van der Waals surface area contributed by atoms with E-state index in [0.717, 1.165) is 25.7 Å². The minimum absolute atomic E-state index is 0.0783. The van der Waals surface area contributed by atoms with Gasteiger partial charge in [-0.3, -0.25) is 0 Å². The highest BCUT2D eigenvalue weighted by atomic mass is 32.2. The van der Waals surface area contributed by atoms with Crippen LogP contribution < -0.4 is 0 Å². The van der Waals surface area contributed by atoms with Gasteiger partial charge in [-0.15, -0.1) is 0 Å². The summed E-state index contributed by atoms with van der Waals surface area (Å²) in [5.74, 6) is 0.383. The summed E-state index contributed by atoms with van der Waals surface area (Å²) in [5, 5.41) is -0.0783. The lowest BCUT2D eigenvalue weighted by atomic mass is 9.77. The Morgan fingerprint density at radius 1 is 1.13 bits per heavy atom. The second-order valence-electron chi connectivity index (χ2n) is 6.18. The van der Waals surface area contributed by atoms with Gasteiger partial charge in [0, 0.05) is 6.26 Å². The lowest BCUT2D eigenvalue weighted by Crippen LogP contribution is -2.34. The van der Waals surface area contributed by atoms with Crippen molar-refractivity contribution in [2.75, 3.05) is 6.26 Å². The molecule has 0 N–H and O–H groups in total. The molecule has 2 atom stereocenters. The van der Waals surface area contributed by atoms with Crippen LogP contribution in [0.4, 0.5) is 0 Å². The van der Waals surface area contributed by atoms with E-state index in [-0.39, 0.29) is 10.7 Å². The van der Waals surface area contributed by atoms with E-state index in [2.05, 4.69) is 20.8 Å². The molecule has 1 aliphatic rings. The van der Waals surface area contributed by atoms with E-state index in [0.29, 0.717) is 5.92 Å². The molecule has 2 nitrogen and oxygen atoms in total. The Hall–Kier alpha value is -0.0500. The maximum atomic E-state index is 11.7. The summed E-state index contributed by atoms with van der Waals surface area (Å²) in [7, 11) is -2.85. The van der Waals surface area contributed by atoms with E-state index >= 15 is 0 Å². The highest BCUT2D eigenvalue weighted by molar-refractivity contribution is 7.91. The van der Waals surface area contributed by atoms with Gasteiger partial charge < -0.3 is 0 Å². The molecular weight excluding hydrogens is 208 g/mol. The molecule has 0 aromatic carbocycles. The molecule has 0 amide bonds. The van der Waals surface area contributed by atoms with Gasteiger partial charge in [0.25, 0.3) is 0 Å². The van der Waals surface area contributed by atoms with E-state index in [1.807, 2.05) is 0 Å². The molecule has 0 aromatic heterocycles. The van der Waals surface area contributed by atoms with E-state index in [1.54, 1.807) is 0 Å². The predicted octanol–water partition coefficient (Wildman–Crippen LogP) is 3.03. The number of rotatable bonds is 2. The molecule has 0 aromatic rings. The third kappa shape index (κ3) is 4.13. The summed E-state index contributed by atoms with van der Waals surface area (Å²) in [6.45, 7) is 6.59. The van der Waals surface area contributed by atoms with Crippen molar-refractivity contribution in [1.82, 2.24) is 0 Å². The highest BCUT2D eigenvalue weighted by Crippen LogP contribution is 2.37. The zero-order valence-electron chi connectivity index (χ0n) is 10.4. The molecule has 0 saturated heterocycles. The van der Waals surface area contributed by atoms with Crippen molar-refractivity contribution in [2.24, 2.45) is 11.3 Å². The van der Waals surface area contributed by atoms with Gasteiger partial charge >= 0.3 is 0 Å². The molecule has 0 bridgehead atoms. The van der Waals surface area contributed by atoms with Crippen molar-refractivity contribution in [3.8, 4) is 0 Å². The van der Waals surface area contributed by atoms with Gasteiger partial charge in [0.15, 0.2) is 9.84 Å². The van der Waals surface area contributed by atoms with Gasteiger partial charge in [-0.2, -0.15) is 0 Å². The zero-order chi connectivity index (χ0) is 11.7. The summed E-state index contributed by atoms with van der Waals surface area (Å²) in [6, 6.07) is 0. The molecule has 90 valence electrons. The van der Waals surface area contributed by atoms with Crippen molar-refractivity contribution in [2.45, 2.75) is 58.1 Å². The third-order valence-electron chi connectivity index (χ3n) is 3.26. The van der Waals surface area contributed by atoms with E-state index in [4.69, 9.17) is 0 Å². The van der Waals surface area contributed by atoms with Gasteiger partial charge in [0.05, 0.1) is 5.25 Å². The normalized spacial score (nSPS) is 29.1.